The number of likely N-dealkylation sites (N-methyl/N-ethyl adjacent to an activating group) is 1. The van der Waals surface area contributed by atoms with Crippen LogP contribution in [0.5, 0.6) is 0 Å². The number of amides is 1. The van der Waals surface area contributed by atoms with Crippen LogP contribution >= 0.6 is 11.8 Å². The number of aromatic nitrogens is 1. The largest absolute Gasteiger partial charge is 0.478 e. The van der Waals surface area contributed by atoms with Crippen molar-refractivity contribution in [2.45, 2.75) is 6.92 Å². The van der Waals surface area contributed by atoms with E-state index in [2.05, 4.69) is 9.98 Å². The molecule has 0 spiro atoms. The molecule has 6 nitrogen and oxygen atoms in total. The number of carbonyl (C=O) groups is 2. The normalized spacial score (nSPS) is 17.5. The van der Waals surface area contributed by atoms with Crippen molar-refractivity contribution >= 4 is 40.7 Å². The Kier molecular flexibility index (Phi) is 4.67. The van der Waals surface area contributed by atoms with Crippen molar-refractivity contribution in [1.82, 2.24) is 9.88 Å². The van der Waals surface area contributed by atoms with E-state index in [4.69, 9.17) is 5.11 Å². The molecule has 0 unspecified atom stereocenters. The third-order valence-corrected chi connectivity index (χ3v) is 4.60. The monoisotopic (exact) mass is 353 g/mol. The second-order valence-electron chi connectivity index (χ2n) is 5.43. The summed E-state index contributed by atoms with van der Waals surface area (Å²) in [4.78, 5) is 34.0. The zero-order chi connectivity index (χ0) is 18.0. The standard InChI is InChI=1S/C18H15N3O3S/c1-11-4-3-5-15(19-11)20-18-21(2)16(22)14(25-18)10-12-6-8-13(9-7-12)17(23)24/h3-10H,1-2H3,(H,23,24)/b14-10-,20-18+. The fourth-order valence-electron chi connectivity index (χ4n) is 2.21. The highest BCUT2D eigenvalue weighted by Gasteiger charge is 2.30. The van der Waals surface area contributed by atoms with Gasteiger partial charge in [0.2, 0.25) is 0 Å². The van der Waals surface area contributed by atoms with Crippen LogP contribution in [0.2, 0.25) is 0 Å². The zero-order valence-electron chi connectivity index (χ0n) is 13.6. The lowest BCUT2D eigenvalue weighted by atomic mass is 10.1. The first-order valence-electron chi connectivity index (χ1n) is 7.47. The van der Waals surface area contributed by atoms with Gasteiger partial charge in [-0.05, 0) is 54.6 Å². The zero-order valence-corrected chi connectivity index (χ0v) is 14.4. The first-order valence-corrected chi connectivity index (χ1v) is 8.29. The molecule has 0 atom stereocenters. The fraction of sp³-hybridized carbons (Fsp3) is 0.111. The van der Waals surface area contributed by atoms with Gasteiger partial charge in [-0.3, -0.25) is 9.69 Å². The number of carboxylic acid groups (broad SMARTS) is 1. The smallest absolute Gasteiger partial charge is 0.335 e. The second kappa shape index (κ2) is 6.90. The molecule has 0 bridgehead atoms. The van der Waals surface area contributed by atoms with E-state index in [1.54, 1.807) is 31.3 Å². The molecule has 1 saturated heterocycles. The Balaban J connectivity index is 1.86. The molecule has 0 radical (unpaired) electrons. The van der Waals surface area contributed by atoms with E-state index in [9.17, 15) is 9.59 Å². The van der Waals surface area contributed by atoms with Crippen molar-refractivity contribution < 1.29 is 14.7 Å². The molecule has 1 fully saturated rings. The molecule has 25 heavy (non-hydrogen) atoms. The molecular weight excluding hydrogens is 338 g/mol. The summed E-state index contributed by atoms with van der Waals surface area (Å²) in [6, 6.07) is 11.9. The summed E-state index contributed by atoms with van der Waals surface area (Å²) >= 11 is 1.26. The maximum Gasteiger partial charge on any atom is 0.335 e. The SMILES string of the molecule is Cc1cccc(/N=C2/S/C(=C\c3ccc(C(=O)O)cc3)C(=O)N2C)n1. The Morgan fingerprint density at radius 2 is 1.96 bits per heavy atom. The summed E-state index contributed by atoms with van der Waals surface area (Å²) in [5.74, 6) is -0.585. The maximum absolute atomic E-state index is 12.4. The minimum absolute atomic E-state index is 0.154. The average Bonchev–Trinajstić information content (AvgIpc) is 2.83. The van der Waals surface area contributed by atoms with Gasteiger partial charge in [0.15, 0.2) is 11.0 Å². The number of nitrogens with zero attached hydrogens (tertiary/aromatic N) is 3. The van der Waals surface area contributed by atoms with Gasteiger partial charge >= 0.3 is 5.97 Å². The molecule has 7 heteroatoms. The van der Waals surface area contributed by atoms with Gasteiger partial charge in [-0.1, -0.05) is 18.2 Å². The van der Waals surface area contributed by atoms with Crippen molar-refractivity contribution in [2.24, 2.45) is 4.99 Å². The number of aromatic carboxylic acids is 1. The van der Waals surface area contributed by atoms with E-state index in [1.807, 2.05) is 19.1 Å². The molecule has 0 aliphatic carbocycles. The number of benzene rings is 1. The molecule has 1 aliphatic rings. The van der Waals surface area contributed by atoms with E-state index in [0.29, 0.717) is 15.9 Å². The lowest BCUT2D eigenvalue weighted by molar-refractivity contribution is -0.121. The fourth-order valence-corrected chi connectivity index (χ4v) is 3.19. The number of rotatable bonds is 3. The minimum Gasteiger partial charge on any atom is -0.478 e. The lowest BCUT2D eigenvalue weighted by Gasteiger charge is -2.06. The highest BCUT2D eigenvalue weighted by atomic mass is 32.2. The quantitative estimate of drug-likeness (QED) is 0.856. The molecule has 2 heterocycles. The Morgan fingerprint density at radius 3 is 2.60 bits per heavy atom. The van der Waals surface area contributed by atoms with Gasteiger partial charge in [0.25, 0.3) is 5.91 Å². The van der Waals surface area contributed by atoms with Crippen LogP contribution in [0.3, 0.4) is 0 Å². The van der Waals surface area contributed by atoms with Crippen LogP contribution in [-0.4, -0.2) is 39.1 Å². The first-order chi connectivity index (χ1) is 11.9. The number of hydrogen-bond acceptors (Lipinski definition) is 5. The van der Waals surface area contributed by atoms with Crippen LogP contribution in [0.1, 0.15) is 21.6 Å². The van der Waals surface area contributed by atoms with E-state index < -0.39 is 5.97 Å². The predicted molar refractivity (Wildman–Crippen MR) is 97.8 cm³/mol. The van der Waals surface area contributed by atoms with Crippen LogP contribution in [0.4, 0.5) is 5.82 Å². The van der Waals surface area contributed by atoms with Crippen LogP contribution in [0.25, 0.3) is 6.08 Å². The Labute approximate surface area is 148 Å². The van der Waals surface area contributed by atoms with Crippen molar-refractivity contribution in [2.75, 3.05) is 7.05 Å². The van der Waals surface area contributed by atoms with Crippen molar-refractivity contribution in [1.29, 1.82) is 0 Å². The first kappa shape index (κ1) is 16.9. The van der Waals surface area contributed by atoms with Crippen molar-refractivity contribution in [3.8, 4) is 0 Å². The molecular formula is C18H15N3O3S. The number of amidine groups is 1. The van der Waals surface area contributed by atoms with Crippen LogP contribution < -0.4 is 0 Å². The van der Waals surface area contributed by atoms with Gasteiger partial charge in [0, 0.05) is 12.7 Å². The highest BCUT2D eigenvalue weighted by molar-refractivity contribution is 8.18. The summed E-state index contributed by atoms with van der Waals surface area (Å²) in [5, 5.41) is 9.48. The maximum atomic E-state index is 12.4. The summed E-state index contributed by atoms with van der Waals surface area (Å²) < 4.78 is 0. The van der Waals surface area contributed by atoms with E-state index >= 15 is 0 Å². The highest BCUT2D eigenvalue weighted by Crippen LogP contribution is 2.32. The van der Waals surface area contributed by atoms with E-state index in [0.717, 1.165) is 11.3 Å². The van der Waals surface area contributed by atoms with Gasteiger partial charge < -0.3 is 5.11 Å². The number of thioether (sulfide) groups is 1. The van der Waals surface area contributed by atoms with E-state index in [-0.39, 0.29) is 11.5 Å². The lowest BCUT2D eigenvalue weighted by Crippen LogP contribution is -2.23. The van der Waals surface area contributed by atoms with Crippen LogP contribution in [-0.2, 0) is 4.79 Å². The number of hydrogen-bond donors (Lipinski definition) is 1. The molecule has 1 aliphatic heterocycles. The van der Waals surface area contributed by atoms with Gasteiger partial charge in [-0.2, -0.15) is 0 Å². The Hall–Kier alpha value is -2.93. The summed E-state index contributed by atoms with van der Waals surface area (Å²) in [5.41, 5.74) is 1.81. The molecule has 3 rings (SSSR count). The average molecular weight is 353 g/mol. The second-order valence-corrected chi connectivity index (χ2v) is 6.44. The number of aryl methyl sites for hydroxylation is 1. The number of pyridine rings is 1. The van der Waals surface area contributed by atoms with Gasteiger partial charge in [-0.15, -0.1) is 0 Å². The van der Waals surface area contributed by atoms with Crippen molar-refractivity contribution in [3.63, 3.8) is 0 Å². The topological polar surface area (TPSA) is 82.9 Å². The van der Waals surface area contributed by atoms with Gasteiger partial charge in [-0.25, -0.2) is 14.8 Å². The predicted octanol–water partition coefficient (Wildman–Crippen LogP) is 3.32. The molecule has 126 valence electrons. The Bertz CT molecular complexity index is 904. The van der Waals surface area contributed by atoms with Crippen LogP contribution in [0, 0.1) is 6.92 Å². The van der Waals surface area contributed by atoms with E-state index in [1.165, 1.54) is 28.8 Å². The third-order valence-electron chi connectivity index (χ3n) is 3.54. The van der Waals surface area contributed by atoms with Gasteiger partial charge in [0.1, 0.15) is 0 Å². The molecule has 1 aromatic heterocycles. The number of carboxylic acids is 1. The Morgan fingerprint density at radius 1 is 1.24 bits per heavy atom. The number of aliphatic imine (C=N–C) groups is 1. The van der Waals surface area contributed by atoms with Crippen LogP contribution in [0.15, 0.2) is 52.4 Å². The summed E-state index contributed by atoms with van der Waals surface area (Å²) in [6.45, 7) is 1.88. The molecule has 1 aromatic carbocycles. The molecule has 2 aromatic rings. The minimum atomic E-state index is -0.981. The van der Waals surface area contributed by atoms with Gasteiger partial charge in [0.05, 0.1) is 10.5 Å². The van der Waals surface area contributed by atoms with Crippen molar-refractivity contribution in [3.05, 3.63) is 64.2 Å². The number of carbonyl (C=O) groups excluding carboxylic acids is 1. The summed E-state index contributed by atoms with van der Waals surface area (Å²) in [7, 11) is 1.67. The third kappa shape index (κ3) is 3.77. The molecule has 1 N–H and O–H groups in total. The molecule has 0 saturated carbocycles. The molecule has 1 amide bonds. The summed E-state index contributed by atoms with van der Waals surface area (Å²) in [6.07, 6.45) is 1.72.